The topological polar surface area (TPSA) is 51.5 Å². The molecule has 0 saturated heterocycles. The van der Waals surface area contributed by atoms with Crippen molar-refractivity contribution in [3.8, 4) is 0 Å². The lowest BCUT2D eigenvalue weighted by Crippen LogP contribution is -2.08. The quantitative estimate of drug-likeness (QED) is 0.630. The zero-order valence-corrected chi connectivity index (χ0v) is 12.0. The summed E-state index contributed by atoms with van der Waals surface area (Å²) in [6.45, 7) is 6.01. The molecule has 0 amide bonds. The van der Waals surface area contributed by atoms with Crippen LogP contribution in [0.1, 0.15) is 25.8 Å². The van der Waals surface area contributed by atoms with Gasteiger partial charge in [0.2, 0.25) is 0 Å². The summed E-state index contributed by atoms with van der Waals surface area (Å²) in [6.07, 6.45) is 1.99. The number of ether oxygens (including phenoxy) is 1. The number of aliphatic imine (C=N–C) groups is 1. The molecule has 20 heavy (non-hydrogen) atoms. The number of nitrogens with zero attached hydrogens (tertiary/aromatic N) is 2. The molecule has 0 spiro atoms. The molecule has 0 atom stereocenters. The number of hydrogen-bond acceptors (Lipinski definition) is 4. The van der Waals surface area contributed by atoms with E-state index >= 15 is 0 Å². The van der Waals surface area contributed by atoms with Gasteiger partial charge in [-0.3, -0.25) is 14.8 Å². The molecule has 104 valence electrons. The van der Waals surface area contributed by atoms with Gasteiger partial charge in [0.05, 0.1) is 24.2 Å². The SMILES string of the molecule is CCOC(=O)CC(C)=Nc1ccc2cccnc2c1C. The molecule has 0 saturated carbocycles. The van der Waals surface area contributed by atoms with Crippen molar-refractivity contribution in [1.29, 1.82) is 0 Å². The second-order valence-corrected chi connectivity index (χ2v) is 4.61. The van der Waals surface area contributed by atoms with Crippen LogP contribution in [0.5, 0.6) is 0 Å². The minimum atomic E-state index is -0.245. The maximum absolute atomic E-state index is 11.4. The van der Waals surface area contributed by atoms with Crippen LogP contribution in [0, 0.1) is 6.92 Å². The third kappa shape index (κ3) is 3.20. The standard InChI is InChI=1S/C16H18N2O2/c1-4-20-15(19)10-11(2)18-14-8-7-13-6-5-9-17-16(13)12(14)3/h5-9H,4,10H2,1-3H3. The second kappa shape index (κ2) is 6.28. The van der Waals surface area contributed by atoms with Crippen molar-refractivity contribution in [1.82, 2.24) is 4.98 Å². The van der Waals surface area contributed by atoms with Crippen LogP contribution in [0.15, 0.2) is 35.5 Å². The van der Waals surface area contributed by atoms with Gasteiger partial charge in [-0.1, -0.05) is 12.1 Å². The van der Waals surface area contributed by atoms with Crippen molar-refractivity contribution in [3.63, 3.8) is 0 Å². The van der Waals surface area contributed by atoms with Crippen molar-refractivity contribution < 1.29 is 9.53 Å². The van der Waals surface area contributed by atoms with Gasteiger partial charge in [-0.15, -0.1) is 0 Å². The Morgan fingerprint density at radius 2 is 2.15 bits per heavy atom. The largest absolute Gasteiger partial charge is 0.466 e. The molecule has 1 heterocycles. The molecular formula is C16H18N2O2. The van der Waals surface area contributed by atoms with Crippen LogP contribution in [0.25, 0.3) is 10.9 Å². The predicted molar refractivity (Wildman–Crippen MR) is 80.5 cm³/mol. The van der Waals surface area contributed by atoms with Crippen molar-refractivity contribution in [2.24, 2.45) is 4.99 Å². The van der Waals surface area contributed by atoms with Gasteiger partial charge in [-0.05, 0) is 32.9 Å². The van der Waals surface area contributed by atoms with Crippen molar-refractivity contribution in [2.75, 3.05) is 6.61 Å². The molecule has 4 nitrogen and oxygen atoms in total. The molecule has 0 fully saturated rings. The number of aromatic nitrogens is 1. The molecule has 2 rings (SSSR count). The summed E-state index contributed by atoms with van der Waals surface area (Å²) < 4.78 is 4.92. The first-order valence-corrected chi connectivity index (χ1v) is 6.66. The summed E-state index contributed by atoms with van der Waals surface area (Å²) in [5, 5.41) is 1.09. The Balaban J connectivity index is 2.29. The maximum atomic E-state index is 11.4. The smallest absolute Gasteiger partial charge is 0.311 e. The van der Waals surface area contributed by atoms with E-state index in [9.17, 15) is 4.79 Å². The summed E-state index contributed by atoms with van der Waals surface area (Å²) in [6, 6.07) is 7.88. The van der Waals surface area contributed by atoms with Crippen LogP contribution in [-0.4, -0.2) is 23.3 Å². The van der Waals surface area contributed by atoms with Crippen LogP contribution >= 0.6 is 0 Å². The van der Waals surface area contributed by atoms with Crippen LogP contribution in [0.4, 0.5) is 5.69 Å². The normalized spacial score (nSPS) is 11.7. The highest BCUT2D eigenvalue weighted by molar-refractivity contribution is 5.99. The molecule has 0 aliphatic rings. The number of esters is 1. The lowest BCUT2D eigenvalue weighted by Gasteiger charge is -2.06. The molecule has 0 N–H and O–H groups in total. The monoisotopic (exact) mass is 270 g/mol. The number of fused-ring (bicyclic) bond motifs is 1. The van der Waals surface area contributed by atoms with Gasteiger partial charge in [-0.25, -0.2) is 0 Å². The number of benzene rings is 1. The Kier molecular flexibility index (Phi) is 4.45. The predicted octanol–water partition coefficient (Wildman–Crippen LogP) is 3.59. The lowest BCUT2D eigenvalue weighted by atomic mass is 10.1. The van der Waals surface area contributed by atoms with E-state index in [1.165, 1.54) is 0 Å². The van der Waals surface area contributed by atoms with Crippen molar-refractivity contribution in [3.05, 3.63) is 36.0 Å². The van der Waals surface area contributed by atoms with Crippen LogP contribution in [0.3, 0.4) is 0 Å². The summed E-state index contributed by atoms with van der Waals surface area (Å²) in [4.78, 5) is 20.3. The van der Waals surface area contributed by atoms with Gasteiger partial charge in [0.1, 0.15) is 0 Å². The van der Waals surface area contributed by atoms with Crippen LogP contribution < -0.4 is 0 Å². The molecule has 0 bridgehead atoms. The highest BCUT2D eigenvalue weighted by atomic mass is 16.5. The second-order valence-electron chi connectivity index (χ2n) is 4.61. The molecule has 4 heteroatoms. The van der Waals surface area contributed by atoms with Gasteiger partial charge >= 0.3 is 5.97 Å². The van der Waals surface area contributed by atoms with E-state index < -0.39 is 0 Å². The van der Waals surface area contributed by atoms with Crippen LogP contribution in [0.2, 0.25) is 0 Å². The van der Waals surface area contributed by atoms with E-state index in [2.05, 4.69) is 9.98 Å². The lowest BCUT2D eigenvalue weighted by molar-refractivity contribution is -0.141. The Morgan fingerprint density at radius 1 is 1.35 bits per heavy atom. The number of carbonyl (C=O) groups excluding carboxylic acids is 1. The Hall–Kier alpha value is -2.23. The zero-order chi connectivity index (χ0) is 14.5. The van der Waals surface area contributed by atoms with Gasteiger partial charge in [0.25, 0.3) is 0 Å². The van der Waals surface area contributed by atoms with E-state index in [0.29, 0.717) is 6.61 Å². The van der Waals surface area contributed by atoms with Gasteiger partial charge in [0, 0.05) is 22.9 Å². The number of hydrogen-bond donors (Lipinski definition) is 0. The fourth-order valence-electron chi connectivity index (χ4n) is 2.07. The van der Waals surface area contributed by atoms with Gasteiger partial charge in [0.15, 0.2) is 0 Å². The summed E-state index contributed by atoms with van der Waals surface area (Å²) in [5.74, 6) is -0.245. The van der Waals surface area contributed by atoms with Gasteiger partial charge in [-0.2, -0.15) is 0 Å². The fourth-order valence-corrected chi connectivity index (χ4v) is 2.07. The molecule has 0 unspecified atom stereocenters. The zero-order valence-electron chi connectivity index (χ0n) is 12.0. The molecule has 0 aliphatic heterocycles. The van der Waals surface area contributed by atoms with E-state index in [0.717, 1.165) is 27.9 Å². The Labute approximate surface area is 118 Å². The average molecular weight is 270 g/mol. The Morgan fingerprint density at radius 3 is 2.90 bits per heavy atom. The molecule has 0 aliphatic carbocycles. The fraction of sp³-hybridized carbons (Fsp3) is 0.312. The number of pyridine rings is 1. The molecule has 1 aromatic carbocycles. The van der Waals surface area contributed by atoms with E-state index in [4.69, 9.17) is 4.74 Å². The van der Waals surface area contributed by atoms with Crippen molar-refractivity contribution in [2.45, 2.75) is 27.2 Å². The summed E-state index contributed by atoms with van der Waals surface area (Å²) in [7, 11) is 0. The molecule has 0 radical (unpaired) electrons. The first kappa shape index (κ1) is 14.2. The van der Waals surface area contributed by atoms with Crippen molar-refractivity contribution >= 4 is 28.3 Å². The minimum Gasteiger partial charge on any atom is -0.466 e. The van der Waals surface area contributed by atoms with E-state index in [1.54, 1.807) is 13.1 Å². The van der Waals surface area contributed by atoms with Gasteiger partial charge < -0.3 is 4.74 Å². The third-order valence-corrected chi connectivity index (χ3v) is 3.02. The minimum absolute atomic E-state index is 0.216. The van der Waals surface area contributed by atoms with E-state index in [1.807, 2.05) is 38.1 Å². The number of rotatable bonds is 4. The Bertz CT molecular complexity index is 663. The third-order valence-electron chi connectivity index (χ3n) is 3.02. The van der Waals surface area contributed by atoms with E-state index in [-0.39, 0.29) is 12.4 Å². The molecule has 1 aromatic heterocycles. The number of carbonyl (C=O) groups is 1. The van der Waals surface area contributed by atoms with Crippen LogP contribution in [-0.2, 0) is 9.53 Å². The number of aryl methyl sites for hydroxylation is 1. The summed E-state index contributed by atoms with van der Waals surface area (Å²) >= 11 is 0. The molecular weight excluding hydrogens is 252 g/mol. The first-order chi connectivity index (χ1) is 9.61. The first-order valence-electron chi connectivity index (χ1n) is 6.66. The average Bonchev–Trinajstić information content (AvgIpc) is 2.42. The summed E-state index contributed by atoms with van der Waals surface area (Å²) in [5.41, 5.74) is 3.55. The highest BCUT2D eigenvalue weighted by Gasteiger charge is 2.07. The maximum Gasteiger partial charge on any atom is 0.311 e. The molecule has 2 aromatic rings. The highest BCUT2D eigenvalue weighted by Crippen LogP contribution is 2.26.